The van der Waals surface area contributed by atoms with Gasteiger partial charge in [0.25, 0.3) is 0 Å². The van der Waals surface area contributed by atoms with Crippen LogP contribution in [0.2, 0.25) is 0 Å². The summed E-state index contributed by atoms with van der Waals surface area (Å²) in [6.45, 7) is 3.03. The second-order valence-corrected chi connectivity index (χ2v) is 5.75. The van der Waals surface area contributed by atoms with Gasteiger partial charge >= 0.3 is 0 Å². The van der Waals surface area contributed by atoms with Crippen molar-refractivity contribution in [3.05, 3.63) is 34.3 Å². The molecule has 1 saturated carbocycles. The zero-order valence-corrected chi connectivity index (χ0v) is 12.0. The monoisotopic (exact) mass is 297 g/mol. The highest BCUT2D eigenvalue weighted by Crippen LogP contribution is 2.33. The van der Waals surface area contributed by atoms with Crippen LogP contribution in [0.4, 0.5) is 0 Å². The third kappa shape index (κ3) is 3.80. The molecule has 0 heterocycles. The molecular formula is C14H20BrNO. The van der Waals surface area contributed by atoms with Gasteiger partial charge < -0.3 is 10.1 Å². The number of nitrogens with one attached hydrogen (secondary N) is 1. The number of hydrogen-bond acceptors (Lipinski definition) is 2. The second kappa shape index (κ2) is 5.98. The molecule has 0 aromatic heterocycles. The highest BCUT2D eigenvalue weighted by Gasteiger charge is 2.31. The van der Waals surface area contributed by atoms with Gasteiger partial charge in [0.2, 0.25) is 0 Å². The van der Waals surface area contributed by atoms with Gasteiger partial charge in [-0.25, -0.2) is 0 Å². The minimum absolute atomic E-state index is 0.379. The predicted octanol–water partition coefficient (Wildman–Crippen LogP) is 3.52. The Hall–Kier alpha value is -0.380. The van der Waals surface area contributed by atoms with Crippen LogP contribution in [0.1, 0.15) is 31.4 Å². The summed E-state index contributed by atoms with van der Waals surface area (Å²) < 4.78 is 6.42. The molecule has 3 heteroatoms. The van der Waals surface area contributed by atoms with Crippen LogP contribution in [0.15, 0.2) is 28.7 Å². The first-order valence-corrected chi connectivity index (χ1v) is 7.00. The van der Waals surface area contributed by atoms with Gasteiger partial charge in [0, 0.05) is 23.7 Å². The molecule has 17 heavy (non-hydrogen) atoms. The zero-order chi connectivity index (χ0) is 12.3. The van der Waals surface area contributed by atoms with E-state index in [-0.39, 0.29) is 0 Å². The molecule has 0 aliphatic heterocycles. The minimum atomic E-state index is 0.379. The van der Waals surface area contributed by atoms with Gasteiger partial charge in [0.05, 0.1) is 6.61 Å². The summed E-state index contributed by atoms with van der Waals surface area (Å²) in [7, 11) is 1.78. The molecule has 1 aliphatic carbocycles. The Bertz CT molecular complexity index is 348. The van der Waals surface area contributed by atoms with E-state index in [0.717, 1.165) is 17.0 Å². The van der Waals surface area contributed by atoms with Crippen LogP contribution in [0.25, 0.3) is 0 Å². The van der Waals surface area contributed by atoms with Gasteiger partial charge in [-0.2, -0.15) is 0 Å². The van der Waals surface area contributed by atoms with E-state index >= 15 is 0 Å². The average molecular weight is 298 g/mol. The Morgan fingerprint density at radius 2 is 2.00 bits per heavy atom. The Morgan fingerprint density at radius 1 is 1.35 bits per heavy atom. The fourth-order valence-electron chi connectivity index (χ4n) is 2.17. The molecule has 94 valence electrons. The molecule has 0 spiro atoms. The second-order valence-electron chi connectivity index (χ2n) is 4.84. The minimum Gasteiger partial charge on any atom is -0.383 e. The van der Waals surface area contributed by atoms with Crippen molar-refractivity contribution >= 4 is 15.9 Å². The van der Waals surface area contributed by atoms with E-state index in [1.807, 2.05) is 0 Å². The molecule has 1 aromatic rings. The zero-order valence-electron chi connectivity index (χ0n) is 10.4. The van der Waals surface area contributed by atoms with Crippen LogP contribution < -0.4 is 5.32 Å². The van der Waals surface area contributed by atoms with E-state index in [9.17, 15) is 0 Å². The lowest BCUT2D eigenvalue weighted by Gasteiger charge is -2.23. The van der Waals surface area contributed by atoms with Crippen molar-refractivity contribution in [3.63, 3.8) is 0 Å². The van der Waals surface area contributed by atoms with Crippen molar-refractivity contribution in [2.24, 2.45) is 5.92 Å². The molecule has 2 rings (SSSR count). The maximum atomic E-state index is 5.29. The van der Waals surface area contributed by atoms with Crippen molar-refractivity contribution in [1.82, 2.24) is 5.32 Å². The van der Waals surface area contributed by atoms with E-state index in [4.69, 9.17) is 4.74 Å². The maximum absolute atomic E-state index is 5.29. The fourth-order valence-corrected chi connectivity index (χ4v) is 2.43. The largest absolute Gasteiger partial charge is 0.383 e. The van der Waals surface area contributed by atoms with Gasteiger partial charge in [-0.05, 0) is 43.4 Å². The average Bonchev–Trinajstić information content (AvgIpc) is 3.13. The Labute approximate surface area is 112 Å². The summed E-state index contributed by atoms with van der Waals surface area (Å²) in [6, 6.07) is 9.39. The Kier molecular flexibility index (Phi) is 4.60. The molecule has 0 radical (unpaired) electrons. The van der Waals surface area contributed by atoms with Crippen LogP contribution in [-0.4, -0.2) is 19.8 Å². The van der Waals surface area contributed by atoms with E-state index in [1.165, 1.54) is 18.4 Å². The molecule has 1 aliphatic rings. The quantitative estimate of drug-likeness (QED) is 0.867. The third-order valence-corrected chi connectivity index (χ3v) is 3.90. The van der Waals surface area contributed by atoms with E-state index in [0.29, 0.717) is 12.1 Å². The fraction of sp³-hybridized carbons (Fsp3) is 0.571. The molecular weight excluding hydrogens is 278 g/mol. The van der Waals surface area contributed by atoms with Crippen LogP contribution >= 0.6 is 15.9 Å². The highest BCUT2D eigenvalue weighted by molar-refractivity contribution is 9.10. The van der Waals surface area contributed by atoms with Crippen molar-refractivity contribution < 1.29 is 4.74 Å². The summed E-state index contributed by atoms with van der Waals surface area (Å²) in [6.07, 6.45) is 2.68. The number of benzene rings is 1. The number of ether oxygens (including phenoxy) is 1. The Morgan fingerprint density at radius 3 is 2.53 bits per heavy atom. The van der Waals surface area contributed by atoms with E-state index < -0.39 is 0 Å². The van der Waals surface area contributed by atoms with Crippen LogP contribution in [-0.2, 0) is 4.74 Å². The Balaban J connectivity index is 1.94. The normalized spacial score (nSPS) is 19.0. The maximum Gasteiger partial charge on any atom is 0.0618 e. The molecule has 0 saturated heterocycles. The number of methoxy groups -OCH3 is 1. The van der Waals surface area contributed by atoms with Crippen molar-refractivity contribution in [2.75, 3.05) is 13.7 Å². The first-order valence-electron chi connectivity index (χ1n) is 6.21. The number of hydrogen-bond donors (Lipinski definition) is 1. The van der Waals surface area contributed by atoms with Gasteiger partial charge in [-0.15, -0.1) is 0 Å². The lowest BCUT2D eigenvalue weighted by atomic mass is 10.1. The molecule has 1 fully saturated rings. The van der Waals surface area contributed by atoms with Crippen molar-refractivity contribution in [1.29, 1.82) is 0 Å². The lowest BCUT2D eigenvalue weighted by Crippen LogP contribution is -2.36. The summed E-state index contributed by atoms with van der Waals surface area (Å²) >= 11 is 3.46. The van der Waals surface area contributed by atoms with E-state index in [1.54, 1.807) is 7.11 Å². The van der Waals surface area contributed by atoms with Gasteiger partial charge in [0.1, 0.15) is 0 Å². The number of rotatable bonds is 6. The third-order valence-electron chi connectivity index (χ3n) is 3.37. The van der Waals surface area contributed by atoms with Crippen molar-refractivity contribution in [2.45, 2.75) is 31.8 Å². The number of halogens is 1. The topological polar surface area (TPSA) is 21.3 Å². The van der Waals surface area contributed by atoms with E-state index in [2.05, 4.69) is 52.4 Å². The lowest BCUT2D eigenvalue weighted by molar-refractivity contribution is 0.152. The highest BCUT2D eigenvalue weighted by atomic mass is 79.9. The van der Waals surface area contributed by atoms with Crippen molar-refractivity contribution in [3.8, 4) is 0 Å². The molecule has 2 nitrogen and oxygen atoms in total. The molecule has 0 amide bonds. The standard InChI is InChI=1S/C14H20BrNO/c1-10(11-5-7-13(15)8-6-11)16-14(9-17-2)12-3-4-12/h5-8,10,12,14,16H,3-4,9H2,1-2H3/t10-,14?/m1/s1. The summed E-state index contributed by atoms with van der Waals surface area (Å²) in [5, 5.41) is 3.68. The van der Waals surface area contributed by atoms with Gasteiger partial charge in [-0.1, -0.05) is 28.1 Å². The predicted molar refractivity (Wildman–Crippen MR) is 74.1 cm³/mol. The van der Waals surface area contributed by atoms with Crippen LogP contribution in [0.3, 0.4) is 0 Å². The molecule has 0 bridgehead atoms. The molecule has 1 unspecified atom stereocenters. The van der Waals surface area contributed by atoms with Gasteiger partial charge in [-0.3, -0.25) is 0 Å². The SMILES string of the molecule is COCC(N[C@H](C)c1ccc(Br)cc1)C1CC1. The summed E-state index contributed by atoms with van der Waals surface area (Å²) in [5.74, 6) is 0.813. The molecule has 2 atom stereocenters. The van der Waals surface area contributed by atoms with Crippen LogP contribution in [0, 0.1) is 5.92 Å². The first-order chi connectivity index (χ1) is 8.20. The van der Waals surface area contributed by atoms with Crippen LogP contribution in [0.5, 0.6) is 0 Å². The molecule has 1 aromatic carbocycles. The summed E-state index contributed by atoms with van der Waals surface area (Å²) in [5.41, 5.74) is 1.33. The molecule has 1 N–H and O–H groups in total. The van der Waals surface area contributed by atoms with Gasteiger partial charge in [0.15, 0.2) is 0 Å². The first kappa shape index (κ1) is 13.1. The smallest absolute Gasteiger partial charge is 0.0618 e. The summed E-state index contributed by atoms with van der Waals surface area (Å²) in [4.78, 5) is 0.